The quantitative estimate of drug-likeness (QED) is 0.527. The summed E-state index contributed by atoms with van der Waals surface area (Å²) in [6.45, 7) is 5.01. The molecular formula is C22H19NO5. The first kappa shape index (κ1) is 19.1. The highest BCUT2D eigenvalue weighted by Crippen LogP contribution is 2.27. The van der Waals surface area contributed by atoms with Crippen LogP contribution in [0.1, 0.15) is 15.9 Å². The molecule has 0 aliphatic carbocycles. The molecular weight excluding hydrogens is 358 g/mol. The van der Waals surface area contributed by atoms with Crippen LogP contribution in [0.25, 0.3) is 22.3 Å². The average molecular weight is 377 g/mol. The summed E-state index contributed by atoms with van der Waals surface area (Å²) >= 11 is 0. The summed E-state index contributed by atoms with van der Waals surface area (Å²) in [6, 6.07) is 13.8. The zero-order valence-corrected chi connectivity index (χ0v) is 15.4. The molecule has 0 unspecified atom stereocenters. The highest BCUT2D eigenvalue weighted by atomic mass is 16.5. The van der Waals surface area contributed by atoms with E-state index in [0.717, 1.165) is 5.56 Å². The largest absolute Gasteiger partial charge is 0.455 e. The average Bonchev–Trinajstić information content (AvgIpc) is 2.73. The molecule has 0 fully saturated rings. The number of hydrogen-bond donors (Lipinski definition) is 1. The number of fused-ring (bicyclic) bond motifs is 1. The van der Waals surface area contributed by atoms with E-state index in [1.54, 1.807) is 19.1 Å². The molecule has 0 aliphatic heterocycles. The van der Waals surface area contributed by atoms with Crippen LogP contribution in [0, 0.1) is 6.92 Å². The first-order valence-corrected chi connectivity index (χ1v) is 8.69. The van der Waals surface area contributed by atoms with Gasteiger partial charge in [-0.05, 0) is 19.1 Å². The van der Waals surface area contributed by atoms with E-state index in [-0.39, 0.29) is 28.5 Å². The Kier molecular flexibility index (Phi) is 5.69. The lowest BCUT2D eigenvalue weighted by molar-refractivity contribution is -0.124. The van der Waals surface area contributed by atoms with Crippen LogP contribution in [0.15, 0.2) is 70.4 Å². The third-order valence-corrected chi connectivity index (χ3v) is 4.18. The van der Waals surface area contributed by atoms with E-state index in [4.69, 9.17) is 9.15 Å². The Morgan fingerprint density at radius 3 is 2.61 bits per heavy atom. The summed E-state index contributed by atoms with van der Waals surface area (Å²) in [5.74, 6) is -0.803. The summed E-state index contributed by atoms with van der Waals surface area (Å²) in [6.07, 6.45) is 1.52. The number of hydrogen-bond acceptors (Lipinski definition) is 5. The summed E-state index contributed by atoms with van der Waals surface area (Å²) in [5.41, 5.74) is 1.18. The van der Waals surface area contributed by atoms with E-state index in [1.807, 2.05) is 30.3 Å². The maximum absolute atomic E-state index is 12.8. The lowest BCUT2D eigenvalue weighted by atomic mass is 10.0. The van der Waals surface area contributed by atoms with Crippen molar-refractivity contribution in [3.8, 4) is 11.3 Å². The highest BCUT2D eigenvalue weighted by molar-refractivity contribution is 6.02. The smallest absolute Gasteiger partial charge is 0.342 e. The van der Waals surface area contributed by atoms with Gasteiger partial charge in [-0.1, -0.05) is 42.5 Å². The van der Waals surface area contributed by atoms with Gasteiger partial charge in [-0.15, -0.1) is 6.58 Å². The normalized spacial score (nSPS) is 10.5. The Morgan fingerprint density at radius 2 is 1.89 bits per heavy atom. The fourth-order valence-electron chi connectivity index (χ4n) is 2.78. The van der Waals surface area contributed by atoms with Gasteiger partial charge in [0.1, 0.15) is 11.3 Å². The Balaban J connectivity index is 2.01. The molecule has 3 aromatic rings. The highest BCUT2D eigenvalue weighted by Gasteiger charge is 2.19. The SMILES string of the molecule is C=CCNC(=O)COC(=O)c1cccc2c(=O)c(C)c(-c3ccccc3)oc12. The first-order chi connectivity index (χ1) is 13.5. The zero-order chi connectivity index (χ0) is 20.1. The molecule has 0 bridgehead atoms. The molecule has 0 radical (unpaired) electrons. The number of benzene rings is 2. The molecule has 1 heterocycles. The summed E-state index contributed by atoms with van der Waals surface area (Å²) < 4.78 is 11.0. The van der Waals surface area contributed by atoms with Gasteiger partial charge in [-0.2, -0.15) is 0 Å². The molecule has 0 saturated carbocycles. The summed E-state index contributed by atoms with van der Waals surface area (Å²) in [7, 11) is 0. The molecule has 0 saturated heterocycles. The van der Waals surface area contributed by atoms with Crippen LogP contribution in [0.3, 0.4) is 0 Å². The van der Waals surface area contributed by atoms with Gasteiger partial charge in [-0.25, -0.2) is 4.79 Å². The lowest BCUT2D eigenvalue weighted by Crippen LogP contribution is -2.28. The number of nitrogens with one attached hydrogen (secondary N) is 1. The van der Waals surface area contributed by atoms with Crippen LogP contribution in [-0.2, 0) is 9.53 Å². The second kappa shape index (κ2) is 8.35. The third kappa shape index (κ3) is 3.86. The van der Waals surface area contributed by atoms with Crippen LogP contribution < -0.4 is 10.7 Å². The van der Waals surface area contributed by atoms with Crippen LogP contribution in [0.5, 0.6) is 0 Å². The Morgan fingerprint density at radius 1 is 1.14 bits per heavy atom. The van der Waals surface area contributed by atoms with Gasteiger partial charge in [0.2, 0.25) is 0 Å². The third-order valence-electron chi connectivity index (χ3n) is 4.18. The monoisotopic (exact) mass is 377 g/mol. The van der Waals surface area contributed by atoms with Crippen molar-refractivity contribution in [1.82, 2.24) is 5.32 Å². The van der Waals surface area contributed by atoms with Gasteiger partial charge in [0, 0.05) is 17.7 Å². The van der Waals surface area contributed by atoms with Crippen LogP contribution in [0.2, 0.25) is 0 Å². The number of para-hydroxylation sites is 1. The van der Waals surface area contributed by atoms with Gasteiger partial charge in [0.15, 0.2) is 17.6 Å². The molecule has 6 heteroatoms. The molecule has 28 heavy (non-hydrogen) atoms. The van der Waals surface area contributed by atoms with Crippen LogP contribution >= 0.6 is 0 Å². The number of rotatable bonds is 6. The molecule has 6 nitrogen and oxygen atoms in total. The van der Waals surface area contributed by atoms with Crippen LogP contribution in [-0.4, -0.2) is 25.0 Å². The number of ether oxygens (including phenoxy) is 1. The van der Waals surface area contributed by atoms with Crippen molar-refractivity contribution in [2.24, 2.45) is 0 Å². The number of esters is 1. The van der Waals surface area contributed by atoms with Gasteiger partial charge >= 0.3 is 5.97 Å². The van der Waals surface area contributed by atoms with Crippen molar-refractivity contribution in [1.29, 1.82) is 0 Å². The van der Waals surface area contributed by atoms with Crippen molar-refractivity contribution in [2.75, 3.05) is 13.2 Å². The lowest BCUT2D eigenvalue weighted by Gasteiger charge is -2.10. The molecule has 1 aromatic heterocycles. The van der Waals surface area contributed by atoms with E-state index in [9.17, 15) is 14.4 Å². The van der Waals surface area contributed by atoms with E-state index in [2.05, 4.69) is 11.9 Å². The molecule has 0 spiro atoms. The van der Waals surface area contributed by atoms with E-state index < -0.39 is 18.5 Å². The Hall–Kier alpha value is -3.67. The fourth-order valence-corrected chi connectivity index (χ4v) is 2.78. The fraction of sp³-hybridized carbons (Fsp3) is 0.136. The standard InChI is InChI=1S/C22H19NO5/c1-3-12-23-18(24)13-27-22(26)17-11-7-10-16-19(25)14(2)20(28-21(16)17)15-8-5-4-6-9-15/h3-11H,1,12-13H2,2H3,(H,23,24). The van der Waals surface area contributed by atoms with E-state index >= 15 is 0 Å². The molecule has 1 N–H and O–H groups in total. The number of amides is 1. The van der Waals surface area contributed by atoms with Crippen molar-refractivity contribution >= 4 is 22.8 Å². The van der Waals surface area contributed by atoms with Crippen LogP contribution in [0.4, 0.5) is 0 Å². The summed E-state index contributed by atoms with van der Waals surface area (Å²) in [4.78, 5) is 36.9. The minimum absolute atomic E-state index is 0.0864. The van der Waals surface area contributed by atoms with E-state index in [1.165, 1.54) is 12.1 Å². The number of carbonyl (C=O) groups excluding carboxylic acids is 2. The minimum atomic E-state index is -0.745. The molecule has 0 aliphatic rings. The van der Waals surface area contributed by atoms with E-state index in [0.29, 0.717) is 11.3 Å². The molecule has 0 atom stereocenters. The number of carbonyl (C=O) groups is 2. The second-order valence-corrected chi connectivity index (χ2v) is 6.10. The van der Waals surface area contributed by atoms with Crippen molar-refractivity contribution in [2.45, 2.75) is 6.92 Å². The predicted octanol–water partition coefficient (Wildman–Crippen LogP) is 3.23. The van der Waals surface area contributed by atoms with Crippen molar-refractivity contribution in [3.05, 3.63) is 82.5 Å². The second-order valence-electron chi connectivity index (χ2n) is 6.10. The van der Waals surface area contributed by atoms with Gasteiger partial charge in [-0.3, -0.25) is 9.59 Å². The molecule has 2 aromatic carbocycles. The van der Waals surface area contributed by atoms with Gasteiger partial charge < -0.3 is 14.5 Å². The molecule has 1 amide bonds. The topological polar surface area (TPSA) is 85.6 Å². The van der Waals surface area contributed by atoms with Crippen molar-refractivity contribution < 1.29 is 18.7 Å². The maximum Gasteiger partial charge on any atom is 0.342 e. The zero-order valence-electron chi connectivity index (χ0n) is 15.4. The van der Waals surface area contributed by atoms with Crippen molar-refractivity contribution in [3.63, 3.8) is 0 Å². The van der Waals surface area contributed by atoms with Gasteiger partial charge in [0.25, 0.3) is 5.91 Å². The van der Waals surface area contributed by atoms with Gasteiger partial charge in [0.05, 0.1) is 5.39 Å². The molecule has 3 rings (SSSR count). The first-order valence-electron chi connectivity index (χ1n) is 8.69. The Bertz CT molecular complexity index is 1100. The maximum atomic E-state index is 12.8. The predicted molar refractivity (Wildman–Crippen MR) is 106 cm³/mol. The molecule has 142 valence electrons. The summed E-state index contributed by atoms with van der Waals surface area (Å²) in [5, 5.41) is 2.80. The Labute approximate surface area is 161 Å². The minimum Gasteiger partial charge on any atom is -0.455 e.